The minimum Gasteiger partial charge on any atom is -0.493 e. The second-order valence-electron chi connectivity index (χ2n) is 8.89. The Hall–Kier alpha value is -2.63. The summed E-state index contributed by atoms with van der Waals surface area (Å²) in [5.74, 6) is 0.761. The Morgan fingerprint density at radius 2 is 1.45 bits per heavy atom. The fourth-order valence-electron chi connectivity index (χ4n) is 3.66. The zero-order valence-corrected chi connectivity index (χ0v) is 18.5. The molecule has 0 aliphatic carbocycles. The maximum absolute atomic E-state index is 15.8. The van der Waals surface area contributed by atoms with Crippen LogP contribution in [0.3, 0.4) is 0 Å². The van der Waals surface area contributed by atoms with Gasteiger partial charge >= 0.3 is 7.12 Å². The number of halogens is 1. The summed E-state index contributed by atoms with van der Waals surface area (Å²) in [6.07, 6.45) is 0.392. The third-order valence-corrected chi connectivity index (χ3v) is 6.21. The largest absolute Gasteiger partial charge is 0.525 e. The van der Waals surface area contributed by atoms with Crippen LogP contribution in [0.15, 0.2) is 78.5 Å². The van der Waals surface area contributed by atoms with Crippen LogP contribution in [0.1, 0.15) is 39.7 Å². The van der Waals surface area contributed by atoms with Crippen molar-refractivity contribution in [3.05, 3.63) is 84.1 Å². The van der Waals surface area contributed by atoms with Crippen LogP contribution in [0.25, 0.3) is 16.3 Å². The monoisotopic (exact) mass is 418 g/mol. The van der Waals surface area contributed by atoms with Gasteiger partial charge in [-0.1, -0.05) is 54.6 Å². The first-order valence-electron chi connectivity index (χ1n) is 10.7. The molecule has 0 N–H and O–H groups in total. The summed E-state index contributed by atoms with van der Waals surface area (Å²) in [6, 6.07) is 23.6. The van der Waals surface area contributed by atoms with E-state index >= 15 is 4.39 Å². The maximum atomic E-state index is 15.8. The van der Waals surface area contributed by atoms with Crippen LogP contribution >= 0.6 is 0 Å². The van der Waals surface area contributed by atoms with Crippen molar-refractivity contribution in [2.75, 3.05) is 6.61 Å². The number of hydrogen-bond donors (Lipinski definition) is 0. The number of rotatable bonds is 6. The quantitative estimate of drug-likeness (QED) is 0.421. The molecule has 1 heterocycles. The summed E-state index contributed by atoms with van der Waals surface area (Å²) in [4.78, 5) is 0. The highest BCUT2D eigenvalue weighted by Crippen LogP contribution is 2.41. The molecule has 3 aromatic rings. The van der Waals surface area contributed by atoms with Gasteiger partial charge in [0, 0.05) is 6.42 Å². The predicted molar refractivity (Wildman–Crippen MR) is 125 cm³/mol. The number of hydrogen-bond acceptors (Lipinski definition) is 3. The van der Waals surface area contributed by atoms with Gasteiger partial charge in [-0.2, -0.15) is 0 Å². The van der Waals surface area contributed by atoms with Crippen molar-refractivity contribution in [1.29, 1.82) is 0 Å². The molecule has 0 amide bonds. The van der Waals surface area contributed by atoms with Gasteiger partial charge < -0.3 is 14.0 Å². The molecule has 0 unspecified atom stereocenters. The van der Waals surface area contributed by atoms with Gasteiger partial charge in [0.05, 0.1) is 17.8 Å². The summed E-state index contributed by atoms with van der Waals surface area (Å²) in [5, 5.41) is 2.17. The van der Waals surface area contributed by atoms with E-state index in [1.54, 1.807) is 0 Å². The van der Waals surface area contributed by atoms with Crippen LogP contribution in [-0.4, -0.2) is 24.9 Å². The molecule has 4 rings (SSSR count). The third-order valence-electron chi connectivity index (χ3n) is 6.21. The highest BCUT2D eigenvalue weighted by atomic mass is 19.1. The van der Waals surface area contributed by atoms with E-state index in [2.05, 4.69) is 0 Å². The molecule has 1 aliphatic heterocycles. The zero-order valence-electron chi connectivity index (χ0n) is 18.5. The molecular weight excluding hydrogens is 390 g/mol. The molecule has 1 saturated heterocycles. The predicted octanol–water partition coefficient (Wildman–Crippen LogP) is 6.62. The summed E-state index contributed by atoms with van der Waals surface area (Å²) in [7, 11) is -1.04. The molecule has 5 heteroatoms. The topological polar surface area (TPSA) is 27.7 Å². The number of benzene rings is 3. The molecule has 0 atom stereocenters. The third kappa shape index (κ3) is 4.53. The van der Waals surface area contributed by atoms with Crippen molar-refractivity contribution < 1.29 is 18.4 Å². The standard InChI is InChI=1S/C26H28BFO3/c1-25(2)26(3,4)31-27(30-25)24(28)23(16-17-29-22-12-6-5-7-13-22)21-15-14-19-10-8-9-11-20(19)18-21/h5-15,18H,16-17H2,1-4H3. The highest BCUT2D eigenvalue weighted by molar-refractivity contribution is 6.55. The normalized spacial score (nSPS) is 18.2. The Balaban J connectivity index is 1.66. The van der Waals surface area contributed by atoms with E-state index in [1.807, 2.05) is 100 Å². The van der Waals surface area contributed by atoms with Crippen LogP contribution in [0.2, 0.25) is 0 Å². The molecular formula is C26H28BFO3. The van der Waals surface area contributed by atoms with Gasteiger partial charge in [-0.3, -0.25) is 0 Å². The minimum absolute atomic E-state index is 0.346. The number of ether oxygens (including phenoxy) is 1. The first-order chi connectivity index (χ1) is 14.8. The second-order valence-corrected chi connectivity index (χ2v) is 8.89. The van der Waals surface area contributed by atoms with Gasteiger partial charge in [-0.05, 0) is 67.8 Å². The molecule has 0 spiro atoms. The average molecular weight is 418 g/mol. The zero-order chi connectivity index (χ0) is 22.1. The summed E-state index contributed by atoms with van der Waals surface area (Å²) in [6.45, 7) is 8.05. The highest BCUT2D eigenvalue weighted by Gasteiger charge is 2.53. The van der Waals surface area contributed by atoms with Gasteiger partial charge in [-0.25, -0.2) is 4.39 Å². The Morgan fingerprint density at radius 3 is 2.13 bits per heavy atom. The molecule has 0 saturated carbocycles. The molecule has 1 fully saturated rings. The number of para-hydroxylation sites is 1. The van der Waals surface area contributed by atoms with Gasteiger partial charge in [0.1, 0.15) is 11.5 Å². The molecule has 1 aliphatic rings. The molecule has 160 valence electrons. The van der Waals surface area contributed by atoms with Crippen LogP contribution in [-0.2, 0) is 9.31 Å². The Kier molecular flexibility index (Phi) is 5.91. The van der Waals surface area contributed by atoms with E-state index in [4.69, 9.17) is 14.0 Å². The summed E-state index contributed by atoms with van der Waals surface area (Å²) in [5.41, 5.74) is -0.262. The molecule has 0 aromatic heterocycles. The van der Waals surface area contributed by atoms with Crippen LogP contribution < -0.4 is 4.74 Å². The van der Waals surface area contributed by atoms with Crippen LogP contribution in [0.4, 0.5) is 4.39 Å². The van der Waals surface area contributed by atoms with Crippen molar-refractivity contribution in [2.45, 2.75) is 45.3 Å². The van der Waals surface area contributed by atoms with E-state index in [1.165, 1.54) is 0 Å². The van der Waals surface area contributed by atoms with Crippen molar-refractivity contribution in [2.24, 2.45) is 0 Å². The lowest BCUT2D eigenvalue weighted by Crippen LogP contribution is -2.41. The van der Waals surface area contributed by atoms with E-state index < -0.39 is 24.0 Å². The molecule has 0 bridgehead atoms. The molecule has 3 aromatic carbocycles. The van der Waals surface area contributed by atoms with Crippen molar-refractivity contribution in [1.82, 2.24) is 0 Å². The van der Waals surface area contributed by atoms with E-state index in [9.17, 15) is 0 Å². The van der Waals surface area contributed by atoms with E-state index in [-0.39, 0.29) is 0 Å². The first-order valence-corrected chi connectivity index (χ1v) is 10.7. The Morgan fingerprint density at radius 1 is 0.839 bits per heavy atom. The van der Waals surface area contributed by atoms with Crippen LogP contribution in [0, 0.1) is 0 Å². The smallest absolute Gasteiger partial charge is 0.493 e. The van der Waals surface area contributed by atoms with Crippen molar-refractivity contribution in [3.63, 3.8) is 0 Å². The van der Waals surface area contributed by atoms with Gasteiger partial charge in [-0.15, -0.1) is 0 Å². The fourth-order valence-corrected chi connectivity index (χ4v) is 3.66. The molecule has 0 radical (unpaired) electrons. The second kappa shape index (κ2) is 8.48. The fraction of sp³-hybridized carbons (Fsp3) is 0.308. The van der Waals surface area contributed by atoms with Gasteiger partial charge in [0.15, 0.2) is 0 Å². The Labute approximate surface area is 184 Å². The van der Waals surface area contributed by atoms with Crippen molar-refractivity contribution >= 4 is 23.5 Å². The van der Waals surface area contributed by atoms with Crippen molar-refractivity contribution in [3.8, 4) is 5.75 Å². The average Bonchev–Trinajstić information content (AvgIpc) is 2.98. The first kappa shape index (κ1) is 21.6. The summed E-state index contributed by atoms with van der Waals surface area (Å²) < 4.78 is 33.7. The van der Waals surface area contributed by atoms with Gasteiger partial charge in [0.2, 0.25) is 0 Å². The molecule has 3 nitrogen and oxygen atoms in total. The lowest BCUT2D eigenvalue weighted by Gasteiger charge is -2.32. The number of fused-ring (bicyclic) bond motifs is 1. The lowest BCUT2D eigenvalue weighted by molar-refractivity contribution is 0.00578. The van der Waals surface area contributed by atoms with Gasteiger partial charge in [0.25, 0.3) is 0 Å². The SMILES string of the molecule is CC1(C)OB(C(F)=C(CCOc2ccccc2)c2ccc3ccccc3c2)OC1(C)C. The van der Waals surface area contributed by atoms with Crippen LogP contribution in [0.5, 0.6) is 5.75 Å². The Bertz CT molecular complexity index is 1080. The maximum Gasteiger partial charge on any atom is 0.525 e. The van der Waals surface area contributed by atoms with E-state index in [0.29, 0.717) is 18.6 Å². The molecule has 31 heavy (non-hydrogen) atoms. The van der Waals surface area contributed by atoms with E-state index in [0.717, 1.165) is 22.1 Å². The lowest BCUT2D eigenvalue weighted by atomic mass is 9.81. The summed E-state index contributed by atoms with van der Waals surface area (Å²) >= 11 is 0. The minimum atomic E-state index is -1.04.